The molecule has 3 rings (SSSR count). The van der Waals surface area contributed by atoms with Crippen LogP contribution in [0.25, 0.3) is 0 Å². The normalized spacial score (nSPS) is 11.3. The van der Waals surface area contributed by atoms with Crippen LogP contribution in [0, 0.1) is 5.82 Å². The topological polar surface area (TPSA) is 79.5 Å². The first kappa shape index (κ1) is 21.8. The largest absolute Gasteiger partial charge is 0.494 e. The number of anilines is 3. The van der Waals surface area contributed by atoms with E-state index in [1.807, 2.05) is 6.92 Å². The zero-order chi connectivity index (χ0) is 22.2. The molecule has 0 saturated heterocycles. The van der Waals surface area contributed by atoms with Crippen LogP contribution in [0.3, 0.4) is 0 Å². The van der Waals surface area contributed by atoms with Crippen molar-refractivity contribution >= 4 is 28.9 Å². The molecule has 3 aromatic rings. The Morgan fingerprint density at radius 2 is 1.39 bits per heavy atom. The van der Waals surface area contributed by atoms with E-state index < -0.39 is 6.04 Å². The van der Waals surface area contributed by atoms with Crippen molar-refractivity contribution in [1.82, 2.24) is 0 Å². The monoisotopic (exact) mass is 421 g/mol. The molecule has 160 valence electrons. The number of hydrogen-bond acceptors (Lipinski definition) is 4. The summed E-state index contributed by atoms with van der Waals surface area (Å²) < 4.78 is 18.4. The molecule has 0 aliphatic rings. The first-order valence-electron chi connectivity index (χ1n) is 9.92. The minimum Gasteiger partial charge on any atom is -0.494 e. The molecule has 0 saturated carbocycles. The smallest absolute Gasteiger partial charge is 0.255 e. The van der Waals surface area contributed by atoms with E-state index in [1.165, 1.54) is 24.3 Å². The van der Waals surface area contributed by atoms with Gasteiger partial charge >= 0.3 is 0 Å². The van der Waals surface area contributed by atoms with Gasteiger partial charge in [-0.15, -0.1) is 0 Å². The van der Waals surface area contributed by atoms with E-state index in [0.29, 0.717) is 29.2 Å². The number of carbonyl (C=O) groups excluding carboxylic acids is 2. The van der Waals surface area contributed by atoms with Crippen LogP contribution in [0.5, 0.6) is 5.75 Å². The van der Waals surface area contributed by atoms with E-state index in [0.717, 1.165) is 5.75 Å². The summed E-state index contributed by atoms with van der Waals surface area (Å²) >= 11 is 0. The van der Waals surface area contributed by atoms with Gasteiger partial charge in [-0.25, -0.2) is 4.39 Å². The van der Waals surface area contributed by atoms with Gasteiger partial charge in [-0.2, -0.15) is 0 Å². The Hall–Kier alpha value is -3.87. The average Bonchev–Trinajstić information content (AvgIpc) is 2.77. The van der Waals surface area contributed by atoms with E-state index in [2.05, 4.69) is 16.0 Å². The van der Waals surface area contributed by atoms with Gasteiger partial charge in [0, 0.05) is 22.6 Å². The molecule has 0 fully saturated rings. The summed E-state index contributed by atoms with van der Waals surface area (Å²) in [7, 11) is 0. The number of halogens is 1. The molecule has 3 aromatic carbocycles. The Morgan fingerprint density at radius 1 is 0.839 bits per heavy atom. The second-order valence-electron chi connectivity index (χ2n) is 6.85. The van der Waals surface area contributed by atoms with Gasteiger partial charge in [-0.1, -0.05) is 0 Å². The Labute approximate surface area is 180 Å². The minimum atomic E-state index is -0.534. The van der Waals surface area contributed by atoms with E-state index in [4.69, 9.17) is 4.74 Å². The lowest BCUT2D eigenvalue weighted by Crippen LogP contribution is -2.31. The van der Waals surface area contributed by atoms with Crippen LogP contribution in [-0.2, 0) is 4.79 Å². The van der Waals surface area contributed by atoms with Crippen molar-refractivity contribution in [3.8, 4) is 5.75 Å². The van der Waals surface area contributed by atoms with Crippen LogP contribution in [0.1, 0.15) is 24.2 Å². The van der Waals surface area contributed by atoms with Gasteiger partial charge in [0.15, 0.2) is 0 Å². The molecule has 0 spiro atoms. The van der Waals surface area contributed by atoms with Gasteiger partial charge in [0.2, 0.25) is 5.91 Å². The minimum absolute atomic E-state index is 0.238. The molecule has 6 nitrogen and oxygen atoms in total. The lowest BCUT2D eigenvalue weighted by Gasteiger charge is -2.15. The Morgan fingerprint density at radius 3 is 2.00 bits per heavy atom. The van der Waals surface area contributed by atoms with Crippen molar-refractivity contribution in [2.75, 3.05) is 22.6 Å². The van der Waals surface area contributed by atoms with Gasteiger partial charge in [0.05, 0.1) is 6.61 Å². The molecule has 31 heavy (non-hydrogen) atoms. The molecular formula is C24H24FN3O3. The quantitative estimate of drug-likeness (QED) is 0.483. The standard InChI is InChI=1S/C24H24FN3O3/c1-3-31-22-14-12-21(13-15-22)28-24(30)17-4-8-19(9-5-17)26-16(2)23(29)27-20-10-6-18(25)7-11-20/h4-16,26H,3H2,1-2H3,(H,27,29)(H,28,30)/t16-/m0/s1. The second kappa shape index (κ2) is 10.2. The summed E-state index contributed by atoms with van der Waals surface area (Å²) in [4.78, 5) is 24.7. The zero-order valence-corrected chi connectivity index (χ0v) is 17.3. The highest BCUT2D eigenvalue weighted by atomic mass is 19.1. The number of hydrogen-bond donors (Lipinski definition) is 3. The van der Waals surface area contributed by atoms with E-state index >= 15 is 0 Å². The highest BCUT2D eigenvalue weighted by molar-refractivity contribution is 6.04. The number of benzene rings is 3. The highest BCUT2D eigenvalue weighted by Crippen LogP contribution is 2.18. The molecule has 0 heterocycles. The number of amides is 2. The van der Waals surface area contributed by atoms with Crippen molar-refractivity contribution in [2.45, 2.75) is 19.9 Å². The number of rotatable bonds is 8. The third kappa shape index (κ3) is 6.30. The molecule has 0 aliphatic carbocycles. The summed E-state index contributed by atoms with van der Waals surface area (Å²) in [6.45, 7) is 4.21. The maximum Gasteiger partial charge on any atom is 0.255 e. The Balaban J connectivity index is 1.54. The predicted octanol–water partition coefficient (Wildman–Crippen LogP) is 4.92. The SMILES string of the molecule is CCOc1ccc(NC(=O)c2ccc(N[C@@H](C)C(=O)Nc3ccc(F)cc3)cc2)cc1. The first-order valence-corrected chi connectivity index (χ1v) is 9.92. The number of carbonyl (C=O) groups is 2. The highest BCUT2D eigenvalue weighted by Gasteiger charge is 2.13. The maximum atomic E-state index is 13.0. The van der Waals surface area contributed by atoms with E-state index in [-0.39, 0.29) is 17.6 Å². The first-order chi connectivity index (χ1) is 14.9. The summed E-state index contributed by atoms with van der Waals surface area (Å²) in [5.74, 6) is -0.119. The van der Waals surface area contributed by atoms with Crippen LogP contribution in [0.2, 0.25) is 0 Å². The summed E-state index contributed by atoms with van der Waals surface area (Å²) in [6, 6.07) is 19.0. The summed E-state index contributed by atoms with van der Waals surface area (Å²) in [5.41, 5.74) is 2.37. The van der Waals surface area contributed by atoms with Crippen LogP contribution in [0.4, 0.5) is 21.5 Å². The van der Waals surface area contributed by atoms with Crippen molar-refractivity contribution in [2.24, 2.45) is 0 Å². The van der Waals surface area contributed by atoms with Gasteiger partial charge in [0.1, 0.15) is 17.6 Å². The van der Waals surface area contributed by atoms with Crippen molar-refractivity contribution in [1.29, 1.82) is 0 Å². The molecule has 0 bridgehead atoms. The van der Waals surface area contributed by atoms with Gasteiger partial charge < -0.3 is 20.7 Å². The fourth-order valence-electron chi connectivity index (χ4n) is 2.82. The summed E-state index contributed by atoms with van der Waals surface area (Å²) in [5, 5.41) is 8.62. The van der Waals surface area contributed by atoms with Crippen LogP contribution in [0.15, 0.2) is 72.8 Å². The Kier molecular flexibility index (Phi) is 7.22. The van der Waals surface area contributed by atoms with Crippen molar-refractivity contribution < 1.29 is 18.7 Å². The van der Waals surface area contributed by atoms with Gasteiger partial charge in [-0.3, -0.25) is 9.59 Å². The molecule has 3 N–H and O–H groups in total. The molecule has 7 heteroatoms. The second-order valence-corrected chi connectivity index (χ2v) is 6.85. The maximum absolute atomic E-state index is 13.0. The molecule has 0 unspecified atom stereocenters. The van der Waals surface area contributed by atoms with Gasteiger partial charge in [0.25, 0.3) is 5.91 Å². The molecule has 2 amide bonds. The Bertz CT molecular complexity index is 1020. The van der Waals surface area contributed by atoms with Crippen LogP contribution in [-0.4, -0.2) is 24.5 Å². The third-order valence-corrected chi connectivity index (χ3v) is 4.46. The van der Waals surface area contributed by atoms with E-state index in [9.17, 15) is 14.0 Å². The van der Waals surface area contributed by atoms with Crippen molar-refractivity contribution in [3.63, 3.8) is 0 Å². The van der Waals surface area contributed by atoms with E-state index in [1.54, 1.807) is 55.5 Å². The average molecular weight is 421 g/mol. The molecule has 1 atom stereocenters. The molecule has 0 aliphatic heterocycles. The lowest BCUT2D eigenvalue weighted by molar-refractivity contribution is -0.116. The number of ether oxygens (including phenoxy) is 1. The van der Waals surface area contributed by atoms with Gasteiger partial charge in [-0.05, 0) is 86.6 Å². The van der Waals surface area contributed by atoms with Crippen LogP contribution >= 0.6 is 0 Å². The molecular weight excluding hydrogens is 397 g/mol. The predicted molar refractivity (Wildman–Crippen MR) is 120 cm³/mol. The molecule has 0 aromatic heterocycles. The van der Waals surface area contributed by atoms with Crippen LogP contribution < -0.4 is 20.7 Å². The molecule has 0 radical (unpaired) electrons. The fraction of sp³-hybridized carbons (Fsp3) is 0.167. The fourth-order valence-corrected chi connectivity index (χ4v) is 2.82. The zero-order valence-electron chi connectivity index (χ0n) is 17.3. The number of nitrogens with one attached hydrogen (secondary N) is 3. The third-order valence-electron chi connectivity index (χ3n) is 4.46. The van der Waals surface area contributed by atoms with Crippen molar-refractivity contribution in [3.05, 3.63) is 84.2 Å². The lowest BCUT2D eigenvalue weighted by atomic mass is 10.1. The summed E-state index contributed by atoms with van der Waals surface area (Å²) in [6.07, 6.45) is 0.